The van der Waals surface area contributed by atoms with E-state index in [4.69, 9.17) is 0 Å². The summed E-state index contributed by atoms with van der Waals surface area (Å²) < 4.78 is 8.15. The normalized spacial score (nSPS) is 11.0. The zero-order chi connectivity index (χ0) is 19.9. The molecule has 3 rings (SSSR count). The molecule has 1 amide bonds. The fourth-order valence-electron chi connectivity index (χ4n) is 2.57. The van der Waals surface area contributed by atoms with E-state index in [2.05, 4.69) is 20.0 Å². The van der Waals surface area contributed by atoms with Gasteiger partial charge in [0.05, 0.1) is 19.1 Å². The van der Waals surface area contributed by atoms with Gasteiger partial charge in [-0.05, 0) is 6.92 Å². The highest BCUT2D eigenvalue weighted by Crippen LogP contribution is 2.23. The molecule has 1 N–H and O–H groups in total. The van der Waals surface area contributed by atoms with Gasteiger partial charge in [-0.3, -0.25) is 14.2 Å². The van der Waals surface area contributed by atoms with Crippen LogP contribution in [0.1, 0.15) is 15.4 Å². The van der Waals surface area contributed by atoms with Crippen molar-refractivity contribution in [2.24, 2.45) is 14.1 Å². The first-order valence-corrected chi connectivity index (χ1v) is 8.52. The van der Waals surface area contributed by atoms with Gasteiger partial charge >= 0.3 is 11.7 Å². The fourth-order valence-corrected chi connectivity index (χ4v) is 3.47. The number of nitrogens with zero attached hydrogens (tertiary/aromatic N) is 5. The highest BCUT2D eigenvalue weighted by molar-refractivity contribution is 7.17. The number of rotatable bonds is 4. The van der Waals surface area contributed by atoms with Gasteiger partial charge in [-0.25, -0.2) is 24.1 Å². The molecule has 3 aromatic rings. The maximum atomic E-state index is 12.6. The Bertz CT molecular complexity index is 1180. The van der Waals surface area contributed by atoms with Crippen LogP contribution in [-0.4, -0.2) is 42.7 Å². The molecule has 0 aliphatic rings. The van der Waals surface area contributed by atoms with Crippen LogP contribution in [0.25, 0.3) is 11.2 Å². The van der Waals surface area contributed by atoms with Gasteiger partial charge in [-0.2, -0.15) is 0 Å². The van der Waals surface area contributed by atoms with Crippen molar-refractivity contribution < 1.29 is 14.3 Å². The van der Waals surface area contributed by atoms with Crippen molar-refractivity contribution in [3.8, 4) is 0 Å². The first kappa shape index (κ1) is 18.5. The van der Waals surface area contributed by atoms with Gasteiger partial charge in [-0.1, -0.05) is 11.3 Å². The molecule has 0 aromatic carbocycles. The Labute approximate surface area is 155 Å². The van der Waals surface area contributed by atoms with Crippen molar-refractivity contribution in [1.82, 2.24) is 23.7 Å². The molecule has 0 atom stereocenters. The number of nitrogens with one attached hydrogen (secondary N) is 1. The highest BCUT2D eigenvalue weighted by Gasteiger charge is 2.19. The van der Waals surface area contributed by atoms with Gasteiger partial charge in [0.1, 0.15) is 11.4 Å². The van der Waals surface area contributed by atoms with Crippen LogP contribution >= 0.6 is 11.3 Å². The van der Waals surface area contributed by atoms with Crippen LogP contribution in [0.5, 0.6) is 0 Å². The van der Waals surface area contributed by atoms with Crippen molar-refractivity contribution in [3.05, 3.63) is 37.7 Å². The number of imidazole rings is 1. The minimum Gasteiger partial charge on any atom is -0.465 e. The van der Waals surface area contributed by atoms with E-state index < -0.39 is 29.7 Å². The van der Waals surface area contributed by atoms with Gasteiger partial charge in [-0.15, -0.1) is 0 Å². The Morgan fingerprint density at radius 3 is 2.67 bits per heavy atom. The van der Waals surface area contributed by atoms with Gasteiger partial charge in [0.25, 0.3) is 5.56 Å². The van der Waals surface area contributed by atoms with Gasteiger partial charge in [0.2, 0.25) is 5.91 Å². The predicted octanol–water partition coefficient (Wildman–Crippen LogP) is -0.376. The van der Waals surface area contributed by atoms with E-state index in [9.17, 15) is 19.2 Å². The maximum Gasteiger partial charge on any atom is 0.350 e. The summed E-state index contributed by atoms with van der Waals surface area (Å²) in [5, 5.41) is 2.66. The molecule has 0 fully saturated rings. The van der Waals surface area contributed by atoms with Crippen molar-refractivity contribution in [2.75, 3.05) is 12.4 Å². The second kappa shape index (κ2) is 6.79. The quantitative estimate of drug-likeness (QED) is 0.599. The predicted molar refractivity (Wildman–Crippen MR) is 97.0 cm³/mol. The molecule has 0 spiro atoms. The third-order valence-electron chi connectivity index (χ3n) is 3.92. The number of hydrogen-bond acceptors (Lipinski definition) is 8. The monoisotopic (exact) mass is 392 g/mol. The minimum absolute atomic E-state index is 0.171. The molecule has 0 radical (unpaired) electrons. The minimum atomic E-state index is -0.660. The molecule has 27 heavy (non-hydrogen) atoms. The average molecular weight is 392 g/mol. The average Bonchev–Trinajstić information content (AvgIpc) is 3.19. The van der Waals surface area contributed by atoms with Crippen molar-refractivity contribution in [1.29, 1.82) is 0 Å². The molecular weight excluding hydrogens is 376 g/mol. The van der Waals surface area contributed by atoms with Crippen molar-refractivity contribution >= 4 is 39.5 Å². The van der Waals surface area contributed by atoms with E-state index in [0.717, 1.165) is 15.9 Å². The lowest BCUT2D eigenvalue weighted by molar-refractivity contribution is -0.116. The molecule has 11 nitrogen and oxygen atoms in total. The van der Waals surface area contributed by atoms with Crippen LogP contribution < -0.4 is 16.6 Å². The molecular formula is C15H16N6O5S. The number of esters is 1. The van der Waals surface area contributed by atoms with Crippen LogP contribution in [0.4, 0.5) is 5.13 Å². The number of hydrogen-bond donors (Lipinski definition) is 1. The Morgan fingerprint density at radius 1 is 1.30 bits per heavy atom. The number of methoxy groups -OCH3 is 1. The van der Waals surface area contributed by atoms with E-state index in [1.54, 1.807) is 14.0 Å². The van der Waals surface area contributed by atoms with Crippen molar-refractivity contribution in [3.63, 3.8) is 0 Å². The standard InChI is InChI=1S/C15H16N6O5S/c1-7-10(13(24)26-4)27-14(17-7)18-8(22)5-21-12(23)9-11(16-6-19(9)2)20(3)15(21)25/h6H,5H2,1-4H3,(H,17,18,22). The van der Waals surface area contributed by atoms with E-state index in [1.807, 2.05) is 0 Å². The van der Waals surface area contributed by atoms with E-state index in [0.29, 0.717) is 5.69 Å². The fraction of sp³-hybridized carbons (Fsp3) is 0.333. The summed E-state index contributed by atoms with van der Waals surface area (Å²) in [7, 11) is 4.34. The Balaban J connectivity index is 1.91. The smallest absolute Gasteiger partial charge is 0.350 e. The van der Waals surface area contributed by atoms with Crippen LogP contribution in [0.3, 0.4) is 0 Å². The van der Waals surface area contributed by atoms with Crippen molar-refractivity contribution in [2.45, 2.75) is 13.5 Å². The van der Waals surface area contributed by atoms with Crippen LogP contribution in [0.15, 0.2) is 15.9 Å². The molecule has 3 aromatic heterocycles. The highest BCUT2D eigenvalue weighted by atomic mass is 32.1. The SMILES string of the molecule is COC(=O)c1sc(NC(=O)Cn2c(=O)c3c(ncn3C)n(C)c2=O)nc1C. The molecule has 0 bridgehead atoms. The number of thiazole rings is 1. The molecule has 0 saturated carbocycles. The number of carbonyl (C=O) groups excluding carboxylic acids is 2. The Hall–Kier alpha value is -3.28. The van der Waals surface area contributed by atoms with Crippen LogP contribution in [0.2, 0.25) is 0 Å². The van der Waals surface area contributed by atoms with E-state index >= 15 is 0 Å². The first-order valence-electron chi connectivity index (χ1n) is 7.71. The topological polar surface area (TPSA) is 130 Å². The third-order valence-corrected chi connectivity index (χ3v) is 4.97. The number of aromatic nitrogens is 5. The van der Waals surface area contributed by atoms with E-state index in [-0.39, 0.29) is 21.2 Å². The number of fused-ring (bicyclic) bond motifs is 1. The molecule has 0 saturated heterocycles. The summed E-state index contributed by atoms with van der Waals surface area (Å²) in [5.41, 5.74) is -0.419. The zero-order valence-electron chi connectivity index (χ0n) is 15.0. The molecule has 142 valence electrons. The number of aryl methyl sites for hydroxylation is 3. The summed E-state index contributed by atoms with van der Waals surface area (Å²) in [6, 6.07) is 0. The summed E-state index contributed by atoms with van der Waals surface area (Å²) in [6.45, 7) is 1.10. The maximum absolute atomic E-state index is 12.6. The molecule has 0 unspecified atom stereocenters. The van der Waals surface area contributed by atoms with Gasteiger partial charge in [0, 0.05) is 14.1 Å². The Morgan fingerprint density at radius 2 is 2.00 bits per heavy atom. The Kier molecular flexibility index (Phi) is 4.66. The molecule has 0 aliphatic carbocycles. The first-order chi connectivity index (χ1) is 12.7. The third kappa shape index (κ3) is 3.14. The largest absolute Gasteiger partial charge is 0.465 e. The molecule has 12 heteroatoms. The lowest BCUT2D eigenvalue weighted by Crippen LogP contribution is -2.42. The number of amides is 1. The lowest BCUT2D eigenvalue weighted by atomic mass is 10.4. The second-order valence-electron chi connectivity index (χ2n) is 5.73. The summed E-state index contributed by atoms with van der Waals surface area (Å²) in [4.78, 5) is 57.3. The second-order valence-corrected chi connectivity index (χ2v) is 6.73. The number of carbonyl (C=O) groups is 2. The lowest BCUT2D eigenvalue weighted by Gasteiger charge is -2.08. The molecule has 0 aliphatic heterocycles. The van der Waals surface area contributed by atoms with Gasteiger partial charge in [0.15, 0.2) is 16.3 Å². The van der Waals surface area contributed by atoms with Crippen LogP contribution in [-0.2, 0) is 30.2 Å². The van der Waals surface area contributed by atoms with E-state index in [1.165, 1.54) is 29.6 Å². The zero-order valence-corrected chi connectivity index (χ0v) is 15.8. The summed E-state index contributed by atoms with van der Waals surface area (Å²) in [5.74, 6) is -1.18. The summed E-state index contributed by atoms with van der Waals surface area (Å²) >= 11 is 0.947. The summed E-state index contributed by atoms with van der Waals surface area (Å²) in [6.07, 6.45) is 1.42. The number of ether oxygens (including phenoxy) is 1. The van der Waals surface area contributed by atoms with Gasteiger partial charge < -0.3 is 14.6 Å². The molecule has 3 heterocycles. The van der Waals surface area contributed by atoms with Crippen LogP contribution in [0, 0.1) is 6.92 Å². The number of anilines is 1.